The van der Waals surface area contributed by atoms with Crippen LogP contribution in [0.1, 0.15) is 90.0 Å². The van der Waals surface area contributed by atoms with E-state index in [9.17, 15) is 19.2 Å². The maximum absolute atomic E-state index is 13.7. The minimum absolute atomic E-state index is 0.000220. The number of benzene rings is 3. The molecule has 2 fully saturated rings. The monoisotopic (exact) mass is 760 g/mol. The minimum atomic E-state index is -0.446. The molecule has 2 saturated heterocycles. The number of carbonyl (C=O) groups excluding carboxylic acids is 4. The van der Waals surface area contributed by atoms with Crippen LogP contribution in [0.2, 0.25) is 0 Å². The van der Waals surface area contributed by atoms with E-state index in [0.29, 0.717) is 13.1 Å². The molecule has 0 unspecified atom stereocenters. The predicted octanol–water partition coefficient (Wildman–Crippen LogP) is 7.77. The highest BCUT2D eigenvalue weighted by atomic mass is 16.5. The number of nitrogens with one attached hydrogen (secondary N) is 2. The fourth-order valence-electron chi connectivity index (χ4n) is 8.41. The van der Waals surface area contributed by atoms with Crippen LogP contribution in [0.3, 0.4) is 0 Å². The molecule has 2 aliphatic rings. The molecule has 3 aromatic carbocycles. The minimum Gasteiger partial charge on any atom is -0.469 e. The summed E-state index contributed by atoms with van der Waals surface area (Å²) >= 11 is 0. The zero-order valence-electron chi connectivity index (χ0n) is 33.1. The van der Waals surface area contributed by atoms with E-state index in [-0.39, 0.29) is 60.5 Å². The molecular weight excluding hydrogens is 709 g/mol. The number of esters is 2. The molecule has 0 radical (unpaired) electrons. The predicted molar refractivity (Wildman–Crippen MR) is 214 cm³/mol. The lowest BCUT2D eigenvalue weighted by molar-refractivity contribution is -0.148. The number of ether oxygens (including phenoxy) is 2. The van der Waals surface area contributed by atoms with Gasteiger partial charge in [-0.2, -0.15) is 0 Å². The Morgan fingerprint density at radius 3 is 1.45 bits per heavy atom. The third kappa shape index (κ3) is 7.79. The Morgan fingerprint density at radius 1 is 0.643 bits per heavy atom. The van der Waals surface area contributed by atoms with E-state index in [1.807, 2.05) is 49.6 Å². The van der Waals surface area contributed by atoms with E-state index in [1.54, 1.807) is 0 Å². The van der Waals surface area contributed by atoms with Crippen molar-refractivity contribution in [3.05, 3.63) is 72.3 Å². The number of H-pyrrole nitrogens is 2. The van der Waals surface area contributed by atoms with Crippen molar-refractivity contribution in [2.45, 2.75) is 78.3 Å². The van der Waals surface area contributed by atoms with E-state index < -0.39 is 11.8 Å². The molecule has 12 heteroatoms. The Labute approximate surface area is 327 Å². The largest absolute Gasteiger partial charge is 0.469 e. The molecule has 2 amide bonds. The highest BCUT2D eigenvalue weighted by Crippen LogP contribution is 2.37. The molecule has 294 valence electrons. The van der Waals surface area contributed by atoms with Crippen molar-refractivity contribution in [3.8, 4) is 22.3 Å². The van der Waals surface area contributed by atoms with Crippen molar-refractivity contribution in [2.75, 3.05) is 27.3 Å². The first-order chi connectivity index (χ1) is 26.9. The molecule has 56 heavy (non-hydrogen) atoms. The van der Waals surface area contributed by atoms with Crippen LogP contribution in [-0.2, 0) is 28.7 Å². The van der Waals surface area contributed by atoms with E-state index in [0.717, 1.165) is 81.7 Å². The number of amides is 2. The average molecular weight is 761 g/mol. The highest BCUT2D eigenvalue weighted by Gasteiger charge is 2.39. The molecule has 7 rings (SSSR count). The lowest BCUT2D eigenvalue weighted by Gasteiger charge is -2.29. The van der Waals surface area contributed by atoms with Crippen molar-refractivity contribution < 1.29 is 28.7 Å². The van der Waals surface area contributed by atoms with Gasteiger partial charge >= 0.3 is 11.9 Å². The number of fused-ring (bicyclic) bond motifs is 2. The molecule has 4 heterocycles. The van der Waals surface area contributed by atoms with Gasteiger partial charge in [-0.1, -0.05) is 58.0 Å². The Morgan fingerprint density at radius 2 is 1.05 bits per heavy atom. The number of aromatic nitrogens is 4. The topological polar surface area (TPSA) is 151 Å². The van der Waals surface area contributed by atoms with Crippen LogP contribution in [0, 0.1) is 23.7 Å². The normalized spacial score (nSPS) is 18.3. The summed E-state index contributed by atoms with van der Waals surface area (Å²) in [5.74, 6) is -0.181. The van der Waals surface area contributed by atoms with Gasteiger partial charge in [0.2, 0.25) is 11.8 Å². The third-order valence-corrected chi connectivity index (χ3v) is 11.7. The summed E-state index contributed by atoms with van der Waals surface area (Å²) in [5.41, 5.74) is 7.64. The number of methoxy groups -OCH3 is 2. The van der Waals surface area contributed by atoms with Crippen molar-refractivity contribution in [2.24, 2.45) is 23.7 Å². The second-order valence-corrected chi connectivity index (χ2v) is 15.9. The lowest BCUT2D eigenvalue weighted by Crippen LogP contribution is -2.39. The standard InChI is InChI=1S/C44H52N6O6/c1-25(2)31(23-39(51)55-5)43(53)49-18-8-12-37(49)41-45-33-16-14-29(21-35(33)47-41)27-10-7-11-28(20-27)30-15-17-34-36(22-30)48-42(46-34)38-13-9-19-50(38)44(54)32(26(3)4)24-40(52)56-6/h7,10-11,14-17,20-22,25-26,31-32,37-38H,8-9,12-13,18-19,23-24H2,1-6H3,(H,45,47)(H,46,48)/t31-,32-,37-,38-/m0/s1. The molecule has 5 aromatic rings. The van der Waals surface area contributed by atoms with Gasteiger partial charge in [-0.3, -0.25) is 19.2 Å². The van der Waals surface area contributed by atoms with Gasteiger partial charge in [0.05, 0.1) is 73.0 Å². The Hall–Kier alpha value is -5.52. The van der Waals surface area contributed by atoms with Gasteiger partial charge in [0.25, 0.3) is 0 Å². The molecule has 0 spiro atoms. The summed E-state index contributed by atoms with van der Waals surface area (Å²) in [7, 11) is 2.71. The van der Waals surface area contributed by atoms with Gasteiger partial charge < -0.3 is 29.2 Å². The maximum Gasteiger partial charge on any atom is 0.306 e. The van der Waals surface area contributed by atoms with E-state index in [4.69, 9.17) is 19.4 Å². The number of carbonyl (C=O) groups is 4. The summed E-state index contributed by atoms with van der Waals surface area (Å²) in [6.45, 7) is 9.13. The Kier molecular flexibility index (Phi) is 11.3. The molecule has 2 aliphatic heterocycles. The van der Waals surface area contributed by atoms with Crippen LogP contribution in [-0.4, -0.2) is 80.8 Å². The van der Waals surface area contributed by atoms with Gasteiger partial charge in [0.1, 0.15) is 11.6 Å². The number of hydrogen-bond acceptors (Lipinski definition) is 8. The van der Waals surface area contributed by atoms with Gasteiger partial charge in [-0.15, -0.1) is 0 Å². The zero-order valence-corrected chi connectivity index (χ0v) is 33.1. The number of imidazole rings is 2. The Bertz CT molecular complexity index is 2100. The van der Waals surface area contributed by atoms with E-state index in [2.05, 4.69) is 58.5 Å². The number of rotatable bonds is 12. The first-order valence-corrected chi connectivity index (χ1v) is 19.8. The number of nitrogens with zero attached hydrogens (tertiary/aromatic N) is 4. The van der Waals surface area contributed by atoms with Gasteiger partial charge in [0.15, 0.2) is 0 Å². The number of likely N-dealkylation sites (tertiary alicyclic amines) is 2. The highest BCUT2D eigenvalue weighted by molar-refractivity contribution is 5.88. The molecule has 0 aliphatic carbocycles. The summed E-state index contributed by atoms with van der Waals surface area (Å²) in [4.78, 5) is 72.3. The van der Waals surface area contributed by atoms with Gasteiger partial charge in [-0.25, -0.2) is 9.97 Å². The second kappa shape index (κ2) is 16.3. The fraction of sp³-hybridized carbons (Fsp3) is 0.455. The number of hydrogen-bond donors (Lipinski definition) is 2. The van der Waals surface area contributed by atoms with E-state index in [1.165, 1.54) is 14.2 Å². The molecule has 0 saturated carbocycles. The maximum atomic E-state index is 13.7. The molecular formula is C44H52N6O6. The van der Waals surface area contributed by atoms with Gasteiger partial charge in [-0.05, 0) is 90.1 Å². The van der Waals surface area contributed by atoms with Crippen LogP contribution in [0.5, 0.6) is 0 Å². The summed E-state index contributed by atoms with van der Waals surface area (Å²) in [6.07, 6.45) is 3.48. The van der Waals surface area contributed by atoms with Crippen molar-refractivity contribution in [1.29, 1.82) is 0 Å². The molecule has 12 nitrogen and oxygen atoms in total. The second-order valence-electron chi connectivity index (χ2n) is 15.9. The average Bonchev–Trinajstić information content (AvgIpc) is 4.03. The summed E-state index contributed by atoms with van der Waals surface area (Å²) < 4.78 is 9.78. The van der Waals surface area contributed by atoms with Crippen LogP contribution < -0.4 is 0 Å². The van der Waals surface area contributed by atoms with E-state index >= 15 is 0 Å². The van der Waals surface area contributed by atoms with Gasteiger partial charge in [0, 0.05) is 13.1 Å². The summed E-state index contributed by atoms with van der Waals surface area (Å²) in [5, 5.41) is 0. The van der Waals surface area contributed by atoms with Crippen molar-refractivity contribution in [3.63, 3.8) is 0 Å². The molecule has 4 atom stereocenters. The van der Waals surface area contributed by atoms with Crippen LogP contribution in [0.25, 0.3) is 44.3 Å². The fourth-order valence-corrected chi connectivity index (χ4v) is 8.41. The first kappa shape index (κ1) is 38.7. The summed E-state index contributed by atoms with van der Waals surface area (Å²) in [6, 6.07) is 20.4. The first-order valence-electron chi connectivity index (χ1n) is 19.8. The SMILES string of the molecule is COC(=O)C[C@H](C(=O)N1CCC[C@H]1c1nc2ccc(-c3cccc(-c4ccc5nc([C@@H]6CCCN6C(=O)[C@@H](CC(=O)OC)C(C)C)[nH]c5c4)c3)cc2[nH]1)C(C)C. The van der Waals surface area contributed by atoms with Crippen molar-refractivity contribution in [1.82, 2.24) is 29.7 Å². The Balaban J connectivity index is 1.10. The molecule has 0 bridgehead atoms. The van der Waals surface area contributed by atoms with Crippen LogP contribution in [0.4, 0.5) is 0 Å². The lowest BCUT2D eigenvalue weighted by atomic mass is 9.91. The van der Waals surface area contributed by atoms with Crippen LogP contribution in [0.15, 0.2) is 60.7 Å². The van der Waals surface area contributed by atoms with Crippen LogP contribution >= 0.6 is 0 Å². The molecule has 2 N–H and O–H groups in total. The zero-order chi connectivity index (χ0) is 39.7. The number of aromatic amines is 2. The quantitative estimate of drug-likeness (QED) is 0.123. The van der Waals surface area contributed by atoms with Crippen molar-refractivity contribution >= 4 is 45.8 Å². The smallest absolute Gasteiger partial charge is 0.306 e. The molecule has 2 aromatic heterocycles. The third-order valence-electron chi connectivity index (χ3n) is 11.7.